The molecule has 0 aliphatic rings. The molecule has 1 amide bonds. The molecule has 0 spiro atoms. The van der Waals surface area contributed by atoms with Crippen LogP contribution in [0.25, 0.3) is 11.0 Å². The zero-order valence-electron chi connectivity index (χ0n) is 10.6. The van der Waals surface area contributed by atoms with Gasteiger partial charge in [-0.25, -0.2) is 4.98 Å². The first-order valence-corrected chi connectivity index (χ1v) is 7.78. The van der Waals surface area contributed by atoms with Gasteiger partial charge in [0.2, 0.25) is 5.91 Å². The number of aromatic nitrogens is 2. The maximum absolute atomic E-state index is 11.6. The summed E-state index contributed by atoms with van der Waals surface area (Å²) >= 11 is 3.29. The van der Waals surface area contributed by atoms with Crippen molar-refractivity contribution in [2.45, 2.75) is 11.7 Å². The van der Waals surface area contributed by atoms with E-state index in [1.807, 2.05) is 18.2 Å². The number of aliphatic carboxylic acids is 1. The molecule has 0 atom stereocenters. The molecule has 0 saturated carbocycles. The minimum absolute atomic E-state index is 0.0891. The first-order chi connectivity index (χ1) is 9.51. The molecule has 0 radical (unpaired) electrons. The number of carbonyl (C=O) groups is 2. The highest BCUT2D eigenvalue weighted by Crippen LogP contribution is 2.25. The number of rotatable bonds is 5. The highest BCUT2D eigenvalue weighted by atomic mass is 127. The van der Waals surface area contributed by atoms with Crippen LogP contribution in [0.3, 0.4) is 0 Å². The molecule has 1 aromatic heterocycles. The van der Waals surface area contributed by atoms with Gasteiger partial charge in [0.1, 0.15) is 6.54 Å². The Kier molecular flexibility index (Phi) is 4.86. The fourth-order valence-electron chi connectivity index (χ4n) is 1.69. The van der Waals surface area contributed by atoms with E-state index in [0.29, 0.717) is 5.16 Å². The molecule has 2 N–H and O–H groups in total. The van der Waals surface area contributed by atoms with Gasteiger partial charge in [-0.1, -0.05) is 11.8 Å². The van der Waals surface area contributed by atoms with E-state index in [2.05, 4.69) is 32.9 Å². The van der Waals surface area contributed by atoms with Crippen LogP contribution < -0.4 is 5.32 Å². The SMILES string of the molecule is CNC(=O)Cn1c(SCC(=O)O)nc2cc(I)ccc21. The number of benzene rings is 1. The van der Waals surface area contributed by atoms with Gasteiger partial charge >= 0.3 is 5.97 Å². The normalized spacial score (nSPS) is 10.7. The number of hydrogen-bond acceptors (Lipinski definition) is 4. The minimum Gasteiger partial charge on any atom is -0.481 e. The van der Waals surface area contributed by atoms with Crippen LogP contribution in [0.4, 0.5) is 0 Å². The predicted octanol–water partition coefficient (Wildman–Crippen LogP) is 1.56. The maximum atomic E-state index is 11.6. The molecular formula is C12H12IN3O3S. The minimum atomic E-state index is -0.914. The number of thioether (sulfide) groups is 1. The van der Waals surface area contributed by atoms with Crippen molar-refractivity contribution in [2.75, 3.05) is 12.8 Å². The summed E-state index contributed by atoms with van der Waals surface area (Å²) in [6.07, 6.45) is 0. The van der Waals surface area contributed by atoms with E-state index in [1.54, 1.807) is 11.6 Å². The van der Waals surface area contributed by atoms with Gasteiger partial charge in [0.15, 0.2) is 5.16 Å². The summed E-state index contributed by atoms with van der Waals surface area (Å²) in [5.41, 5.74) is 1.58. The lowest BCUT2D eigenvalue weighted by molar-refractivity contribution is -0.133. The van der Waals surface area contributed by atoms with Crippen LogP contribution >= 0.6 is 34.4 Å². The van der Waals surface area contributed by atoms with Crippen molar-refractivity contribution in [3.8, 4) is 0 Å². The van der Waals surface area contributed by atoms with Crippen molar-refractivity contribution < 1.29 is 14.7 Å². The van der Waals surface area contributed by atoms with Crippen molar-refractivity contribution in [1.82, 2.24) is 14.9 Å². The summed E-state index contributed by atoms with van der Waals surface area (Å²) in [5, 5.41) is 11.9. The van der Waals surface area contributed by atoms with Crippen molar-refractivity contribution in [3.05, 3.63) is 21.8 Å². The second kappa shape index (κ2) is 6.44. The molecule has 0 fully saturated rings. The number of halogens is 1. The summed E-state index contributed by atoms with van der Waals surface area (Å²) < 4.78 is 2.77. The largest absolute Gasteiger partial charge is 0.481 e. The molecule has 0 bridgehead atoms. The molecule has 1 heterocycles. The van der Waals surface area contributed by atoms with Gasteiger partial charge in [0, 0.05) is 10.6 Å². The number of carboxylic acid groups (broad SMARTS) is 1. The van der Waals surface area contributed by atoms with E-state index in [1.165, 1.54) is 0 Å². The number of amides is 1. The number of imidazole rings is 1. The Labute approximate surface area is 133 Å². The molecule has 2 aromatic rings. The molecule has 0 unspecified atom stereocenters. The molecule has 6 nitrogen and oxygen atoms in total. The van der Waals surface area contributed by atoms with Gasteiger partial charge in [-0.15, -0.1) is 0 Å². The highest BCUT2D eigenvalue weighted by molar-refractivity contribution is 14.1. The average molecular weight is 405 g/mol. The fourth-order valence-corrected chi connectivity index (χ4v) is 2.90. The fraction of sp³-hybridized carbons (Fsp3) is 0.250. The molecule has 0 saturated heterocycles. The third-order valence-electron chi connectivity index (χ3n) is 2.58. The number of hydrogen-bond donors (Lipinski definition) is 2. The van der Waals surface area contributed by atoms with E-state index in [-0.39, 0.29) is 18.2 Å². The summed E-state index contributed by atoms with van der Waals surface area (Å²) in [6.45, 7) is 0.121. The van der Waals surface area contributed by atoms with Crippen molar-refractivity contribution in [1.29, 1.82) is 0 Å². The van der Waals surface area contributed by atoms with E-state index >= 15 is 0 Å². The predicted molar refractivity (Wildman–Crippen MR) is 84.9 cm³/mol. The standard InChI is InChI=1S/C12H12IN3O3S/c1-14-10(17)5-16-9-3-2-7(13)4-8(9)15-12(16)20-6-11(18)19/h2-4H,5-6H2,1H3,(H,14,17)(H,18,19). The van der Waals surface area contributed by atoms with Gasteiger partial charge in [-0.05, 0) is 40.8 Å². The Balaban J connectivity index is 2.44. The number of carboxylic acids is 1. The Morgan fingerprint density at radius 1 is 1.50 bits per heavy atom. The summed E-state index contributed by atoms with van der Waals surface area (Å²) in [6, 6.07) is 5.72. The monoisotopic (exact) mass is 405 g/mol. The van der Waals surface area contributed by atoms with Crippen molar-refractivity contribution in [3.63, 3.8) is 0 Å². The number of fused-ring (bicyclic) bond motifs is 1. The third kappa shape index (κ3) is 3.42. The van der Waals surface area contributed by atoms with Crippen molar-refractivity contribution in [2.24, 2.45) is 0 Å². The second-order valence-electron chi connectivity index (χ2n) is 3.97. The van der Waals surface area contributed by atoms with Gasteiger partial charge in [0.25, 0.3) is 0 Å². The Morgan fingerprint density at radius 2 is 2.25 bits per heavy atom. The maximum Gasteiger partial charge on any atom is 0.313 e. The molecule has 2 rings (SSSR count). The number of likely N-dealkylation sites (N-methyl/N-ethyl adjacent to an activating group) is 1. The van der Waals surface area contributed by atoms with Crippen LogP contribution in [0.15, 0.2) is 23.4 Å². The lowest BCUT2D eigenvalue weighted by atomic mass is 10.3. The second-order valence-corrected chi connectivity index (χ2v) is 6.16. The lowest BCUT2D eigenvalue weighted by Gasteiger charge is -2.07. The average Bonchev–Trinajstić information content (AvgIpc) is 2.73. The van der Waals surface area contributed by atoms with E-state index in [9.17, 15) is 9.59 Å². The zero-order valence-corrected chi connectivity index (χ0v) is 13.6. The zero-order chi connectivity index (χ0) is 14.7. The summed E-state index contributed by atoms with van der Waals surface area (Å²) in [4.78, 5) is 26.7. The molecule has 20 heavy (non-hydrogen) atoms. The van der Waals surface area contributed by atoms with Crippen LogP contribution in [0.2, 0.25) is 0 Å². The summed E-state index contributed by atoms with van der Waals surface area (Å²) in [7, 11) is 1.56. The third-order valence-corrected chi connectivity index (χ3v) is 4.21. The molecular weight excluding hydrogens is 393 g/mol. The van der Waals surface area contributed by atoms with Gasteiger partial charge < -0.3 is 15.0 Å². The first kappa shape index (κ1) is 15.1. The number of carbonyl (C=O) groups excluding carboxylic acids is 1. The van der Waals surface area contributed by atoms with Crippen LogP contribution in [0.1, 0.15) is 0 Å². The number of nitrogens with one attached hydrogen (secondary N) is 1. The quantitative estimate of drug-likeness (QED) is 0.583. The van der Waals surface area contributed by atoms with Gasteiger partial charge in [0.05, 0.1) is 16.8 Å². The van der Waals surface area contributed by atoms with E-state index in [0.717, 1.165) is 26.4 Å². The van der Waals surface area contributed by atoms with Gasteiger partial charge in [-0.3, -0.25) is 9.59 Å². The van der Waals surface area contributed by atoms with Crippen LogP contribution in [0, 0.1) is 3.57 Å². The van der Waals surface area contributed by atoms with E-state index < -0.39 is 5.97 Å². The number of nitrogens with zero attached hydrogens (tertiary/aromatic N) is 2. The van der Waals surface area contributed by atoms with Crippen LogP contribution in [-0.2, 0) is 16.1 Å². The van der Waals surface area contributed by atoms with Crippen molar-refractivity contribution >= 4 is 57.3 Å². The summed E-state index contributed by atoms with van der Waals surface area (Å²) in [5.74, 6) is -1.16. The molecule has 1 aromatic carbocycles. The Morgan fingerprint density at radius 3 is 2.90 bits per heavy atom. The Hall–Kier alpha value is -1.29. The van der Waals surface area contributed by atoms with Gasteiger partial charge in [-0.2, -0.15) is 0 Å². The molecule has 106 valence electrons. The van der Waals surface area contributed by atoms with E-state index in [4.69, 9.17) is 5.11 Å². The lowest BCUT2D eigenvalue weighted by Crippen LogP contribution is -2.23. The highest BCUT2D eigenvalue weighted by Gasteiger charge is 2.15. The van der Waals surface area contributed by atoms with Crippen LogP contribution in [0.5, 0.6) is 0 Å². The topological polar surface area (TPSA) is 84.2 Å². The smallest absolute Gasteiger partial charge is 0.313 e. The molecule has 0 aliphatic heterocycles. The Bertz CT molecular complexity index is 671. The first-order valence-electron chi connectivity index (χ1n) is 5.72. The van der Waals surface area contributed by atoms with Crippen LogP contribution in [-0.4, -0.2) is 39.3 Å². The molecule has 0 aliphatic carbocycles. The molecule has 8 heteroatoms.